The number of carbonyl (C=O) groups is 1. The van der Waals surface area contributed by atoms with Crippen LogP contribution in [0.5, 0.6) is 0 Å². The first-order valence-corrected chi connectivity index (χ1v) is 6.33. The van der Waals surface area contributed by atoms with Gasteiger partial charge < -0.3 is 5.32 Å². The molecule has 0 atom stereocenters. The van der Waals surface area contributed by atoms with Crippen LogP contribution in [0, 0.1) is 16.7 Å². The van der Waals surface area contributed by atoms with Gasteiger partial charge in [0.2, 0.25) is 5.91 Å². The fourth-order valence-corrected chi connectivity index (χ4v) is 1.94. The first-order valence-electron chi connectivity index (χ1n) is 4.94. The number of nitriles is 1. The summed E-state index contributed by atoms with van der Waals surface area (Å²) in [6.07, 6.45) is 5.50. The second-order valence-electron chi connectivity index (χ2n) is 3.65. The maximum atomic E-state index is 11.6. The predicted molar refractivity (Wildman–Crippen MR) is 57.9 cm³/mol. The smallest absolute Gasteiger partial charge is 0.240 e. The Balaban J connectivity index is 2.24. The largest absolute Gasteiger partial charge is 0.355 e. The average Bonchev–Trinajstić information content (AvgIpc) is 2.12. The Morgan fingerprint density at radius 2 is 2.36 bits per heavy atom. The molecule has 4 heteroatoms. The molecule has 1 rings (SSSR count). The van der Waals surface area contributed by atoms with Crippen molar-refractivity contribution in [2.24, 2.45) is 5.41 Å². The van der Waals surface area contributed by atoms with E-state index in [2.05, 4.69) is 11.4 Å². The van der Waals surface area contributed by atoms with Gasteiger partial charge in [-0.25, -0.2) is 0 Å². The predicted octanol–water partition coefficient (Wildman–Crippen LogP) is 1.55. The van der Waals surface area contributed by atoms with E-state index in [0.29, 0.717) is 6.54 Å². The van der Waals surface area contributed by atoms with Gasteiger partial charge in [-0.15, -0.1) is 0 Å². The Kier molecular flexibility index (Phi) is 4.27. The molecule has 78 valence electrons. The molecule has 0 heterocycles. The standard InChI is InChI=1S/C10H16N2OS/c1-14-7-3-6-12-9(13)10(8-11)4-2-5-10/h2-7H2,1H3,(H,12,13). The zero-order valence-electron chi connectivity index (χ0n) is 8.51. The highest BCUT2D eigenvalue weighted by Gasteiger charge is 2.44. The molecule has 0 radical (unpaired) electrons. The zero-order valence-corrected chi connectivity index (χ0v) is 9.32. The Morgan fingerprint density at radius 3 is 2.79 bits per heavy atom. The molecule has 1 aliphatic carbocycles. The van der Waals surface area contributed by atoms with Crippen LogP contribution < -0.4 is 5.32 Å². The van der Waals surface area contributed by atoms with Crippen LogP contribution in [0.3, 0.4) is 0 Å². The summed E-state index contributed by atoms with van der Waals surface area (Å²) in [5.74, 6) is 0.993. The molecule has 0 unspecified atom stereocenters. The summed E-state index contributed by atoms with van der Waals surface area (Å²) in [6.45, 7) is 0.698. The lowest BCUT2D eigenvalue weighted by molar-refractivity contribution is -0.131. The van der Waals surface area contributed by atoms with E-state index in [4.69, 9.17) is 5.26 Å². The monoisotopic (exact) mass is 212 g/mol. The molecule has 0 aromatic heterocycles. The number of hydrogen-bond donors (Lipinski definition) is 1. The molecule has 0 aliphatic heterocycles. The van der Waals surface area contributed by atoms with E-state index >= 15 is 0 Å². The maximum absolute atomic E-state index is 11.6. The van der Waals surface area contributed by atoms with E-state index in [1.54, 1.807) is 11.8 Å². The van der Waals surface area contributed by atoms with Crippen LogP contribution in [-0.4, -0.2) is 24.5 Å². The van der Waals surface area contributed by atoms with Gasteiger partial charge in [-0.05, 0) is 37.7 Å². The van der Waals surface area contributed by atoms with Gasteiger partial charge in [0.05, 0.1) is 6.07 Å². The highest BCUT2D eigenvalue weighted by Crippen LogP contribution is 2.40. The number of thioether (sulfide) groups is 1. The molecule has 0 spiro atoms. The summed E-state index contributed by atoms with van der Waals surface area (Å²) in [4.78, 5) is 11.6. The summed E-state index contributed by atoms with van der Waals surface area (Å²) in [5.41, 5.74) is -0.681. The molecule has 0 bridgehead atoms. The summed E-state index contributed by atoms with van der Waals surface area (Å²) in [6, 6.07) is 2.14. The quantitative estimate of drug-likeness (QED) is 0.703. The molecule has 1 saturated carbocycles. The Hall–Kier alpha value is -0.690. The molecule has 1 fully saturated rings. The molecule has 1 aliphatic rings. The average molecular weight is 212 g/mol. The summed E-state index contributed by atoms with van der Waals surface area (Å²) in [7, 11) is 0. The number of carbonyl (C=O) groups excluding carboxylic acids is 1. The van der Waals surface area contributed by atoms with Crippen molar-refractivity contribution in [2.75, 3.05) is 18.6 Å². The lowest BCUT2D eigenvalue weighted by Gasteiger charge is -2.33. The van der Waals surface area contributed by atoms with E-state index in [1.165, 1.54) is 0 Å². The minimum Gasteiger partial charge on any atom is -0.355 e. The molecule has 3 nitrogen and oxygen atoms in total. The minimum absolute atomic E-state index is 0.0626. The number of amides is 1. The Bertz CT molecular complexity index is 243. The van der Waals surface area contributed by atoms with Crippen LogP contribution in [0.2, 0.25) is 0 Å². The number of hydrogen-bond acceptors (Lipinski definition) is 3. The number of nitrogens with zero attached hydrogens (tertiary/aromatic N) is 1. The van der Waals surface area contributed by atoms with Crippen molar-refractivity contribution in [1.82, 2.24) is 5.32 Å². The molecular weight excluding hydrogens is 196 g/mol. The van der Waals surface area contributed by atoms with Crippen LogP contribution in [0.1, 0.15) is 25.7 Å². The van der Waals surface area contributed by atoms with Crippen LogP contribution in [0.15, 0.2) is 0 Å². The van der Waals surface area contributed by atoms with Crippen LogP contribution in [-0.2, 0) is 4.79 Å². The zero-order chi connectivity index (χ0) is 10.4. The lowest BCUT2D eigenvalue weighted by atomic mass is 9.69. The molecular formula is C10H16N2OS. The topological polar surface area (TPSA) is 52.9 Å². The van der Waals surface area contributed by atoms with Crippen molar-refractivity contribution < 1.29 is 4.79 Å². The van der Waals surface area contributed by atoms with Gasteiger partial charge in [0.25, 0.3) is 0 Å². The molecule has 1 amide bonds. The van der Waals surface area contributed by atoms with Gasteiger partial charge >= 0.3 is 0 Å². The van der Waals surface area contributed by atoms with Crippen molar-refractivity contribution in [1.29, 1.82) is 5.26 Å². The van der Waals surface area contributed by atoms with Gasteiger partial charge in [0.1, 0.15) is 5.41 Å². The molecule has 0 saturated heterocycles. The summed E-state index contributed by atoms with van der Waals surface area (Å²) in [5, 5.41) is 11.7. The van der Waals surface area contributed by atoms with E-state index < -0.39 is 5.41 Å². The second-order valence-corrected chi connectivity index (χ2v) is 4.64. The van der Waals surface area contributed by atoms with Crippen LogP contribution in [0.25, 0.3) is 0 Å². The fourth-order valence-electron chi connectivity index (χ4n) is 1.51. The van der Waals surface area contributed by atoms with Crippen molar-refractivity contribution >= 4 is 17.7 Å². The number of rotatable bonds is 5. The number of nitrogens with one attached hydrogen (secondary N) is 1. The van der Waals surface area contributed by atoms with Crippen molar-refractivity contribution in [3.8, 4) is 6.07 Å². The van der Waals surface area contributed by atoms with Crippen LogP contribution >= 0.6 is 11.8 Å². The second kappa shape index (κ2) is 5.26. The Labute approximate surface area is 89.2 Å². The molecule has 0 aromatic carbocycles. The third kappa shape index (κ3) is 2.42. The van der Waals surface area contributed by atoms with E-state index in [9.17, 15) is 4.79 Å². The summed E-state index contributed by atoms with van der Waals surface area (Å²) < 4.78 is 0. The van der Waals surface area contributed by atoms with Crippen molar-refractivity contribution in [3.05, 3.63) is 0 Å². The molecule has 1 N–H and O–H groups in total. The van der Waals surface area contributed by atoms with E-state index in [0.717, 1.165) is 31.4 Å². The van der Waals surface area contributed by atoms with Gasteiger partial charge in [0, 0.05) is 6.54 Å². The van der Waals surface area contributed by atoms with E-state index in [1.807, 2.05) is 6.26 Å². The van der Waals surface area contributed by atoms with Crippen molar-refractivity contribution in [2.45, 2.75) is 25.7 Å². The fraction of sp³-hybridized carbons (Fsp3) is 0.800. The third-order valence-electron chi connectivity index (χ3n) is 2.67. The normalized spacial score (nSPS) is 18.0. The Morgan fingerprint density at radius 1 is 1.64 bits per heavy atom. The van der Waals surface area contributed by atoms with Gasteiger partial charge in [0.15, 0.2) is 0 Å². The maximum Gasteiger partial charge on any atom is 0.240 e. The summed E-state index contributed by atoms with van der Waals surface area (Å²) >= 11 is 1.77. The highest BCUT2D eigenvalue weighted by atomic mass is 32.2. The van der Waals surface area contributed by atoms with E-state index in [-0.39, 0.29) is 5.91 Å². The third-order valence-corrected chi connectivity index (χ3v) is 3.36. The highest BCUT2D eigenvalue weighted by molar-refractivity contribution is 7.98. The first kappa shape index (κ1) is 11.4. The van der Waals surface area contributed by atoms with Gasteiger partial charge in [-0.2, -0.15) is 17.0 Å². The van der Waals surface area contributed by atoms with Crippen LogP contribution in [0.4, 0.5) is 0 Å². The molecule has 0 aromatic rings. The van der Waals surface area contributed by atoms with Gasteiger partial charge in [-0.3, -0.25) is 4.79 Å². The first-order chi connectivity index (χ1) is 6.75. The van der Waals surface area contributed by atoms with Crippen molar-refractivity contribution in [3.63, 3.8) is 0 Å². The minimum atomic E-state index is -0.681. The molecule has 14 heavy (non-hydrogen) atoms. The lowest BCUT2D eigenvalue weighted by Crippen LogP contribution is -2.45. The SMILES string of the molecule is CSCCCNC(=O)C1(C#N)CCC1. The van der Waals surface area contributed by atoms with Gasteiger partial charge in [-0.1, -0.05) is 0 Å².